The van der Waals surface area contributed by atoms with Crippen LogP contribution in [-0.4, -0.2) is 23.0 Å². The summed E-state index contributed by atoms with van der Waals surface area (Å²) in [5, 5.41) is 11.6. The summed E-state index contributed by atoms with van der Waals surface area (Å²) in [6, 6.07) is 17.6. The highest BCUT2D eigenvalue weighted by molar-refractivity contribution is 6.02. The second-order valence-corrected chi connectivity index (χ2v) is 6.93. The van der Waals surface area contributed by atoms with Gasteiger partial charge in [-0.25, -0.2) is 4.57 Å². The molecule has 32 heavy (non-hydrogen) atoms. The molecule has 4 aromatic rings. The topological polar surface area (TPSA) is 63.8 Å². The lowest BCUT2D eigenvalue weighted by Crippen LogP contribution is -2.20. The number of methoxy groups -OCH3 is 1. The molecule has 4 rings (SSSR count). The molecular weight excluding hydrogens is 421 g/mol. The molecule has 3 aromatic carbocycles. The molecule has 0 saturated carbocycles. The Morgan fingerprint density at radius 3 is 2.31 bits per heavy atom. The summed E-state index contributed by atoms with van der Waals surface area (Å²) in [5.41, 5.74) is -0.909. The van der Waals surface area contributed by atoms with E-state index in [4.69, 9.17) is 4.74 Å². The monoisotopic (exact) mass is 438 g/mol. The number of alkyl halides is 3. The van der Waals surface area contributed by atoms with Crippen LogP contribution in [0.2, 0.25) is 0 Å². The number of hydrogen-bond acceptors (Lipinski definition) is 4. The van der Waals surface area contributed by atoms with Gasteiger partial charge in [-0.2, -0.15) is 13.2 Å². The minimum Gasteiger partial charge on any atom is -0.497 e. The maximum atomic E-state index is 13.2. The van der Waals surface area contributed by atoms with Crippen LogP contribution >= 0.6 is 0 Å². The van der Waals surface area contributed by atoms with Crippen LogP contribution in [0, 0.1) is 0 Å². The van der Waals surface area contributed by atoms with Gasteiger partial charge in [0.1, 0.15) is 5.75 Å². The number of hydrogen-bond donors (Lipinski definition) is 1. The zero-order valence-corrected chi connectivity index (χ0v) is 16.8. The highest BCUT2D eigenvalue weighted by Gasteiger charge is 2.31. The van der Waals surface area contributed by atoms with Crippen LogP contribution in [0.15, 0.2) is 82.6 Å². The Balaban J connectivity index is 1.92. The van der Waals surface area contributed by atoms with E-state index in [2.05, 4.69) is 4.99 Å². The fourth-order valence-electron chi connectivity index (χ4n) is 3.36. The number of ether oxygens (including phenoxy) is 1. The first-order valence-electron chi connectivity index (χ1n) is 9.52. The molecule has 1 N–H and O–H groups in total. The van der Waals surface area contributed by atoms with Crippen LogP contribution in [0.1, 0.15) is 11.1 Å². The molecule has 162 valence electrons. The SMILES string of the molecule is COc1ccc(N=Cc2c(O)n(-c3cccc(C(F)(F)F)c3)c(=O)c3ccccc23)cc1. The van der Waals surface area contributed by atoms with E-state index in [1.165, 1.54) is 18.3 Å². The van der Waals surface area contributed by atoms with Gasteiger partial charge in [-0.3, -0.25) is 9.79 Å². The van der Waals surface area contributed by atoms with Gasteiger partial charge in [0.2, 0.25) is 5.88 Å². The summed E-state index contributed by atoms with van der Waals surface area (Å²) in [6.45, 7) is 0. The molecule has 0 unspecified atom stereocenters. The van der Waals surface area contributed by atoms with Crippen molar-refractivity contribution in [2.45, 2.75) is 6.18 Å². The molecule has 0 aliphatic carbocycles. The third-order valence-electron chi connectivity index (χ3n) is 4.95. The zero-order chi connectivity index (χ0) is 22.9. The number of nitrogens with zero attached hydrogens (tertiary/aromatic N) is 2. The van der Waals surface area contributed by atoms with Crippen molar-refractivity contribution in [1.29, 1.82) is 0 Å². The number of pyridine rings is 1. The first-order chi connectivity index (χ1) is 15.3. The van der Waals surface area contributed by atoms with Gasteiger partial charge < -0.3 is 9.84 Å². The number of halogens is 3. The molecule has 0 saturated heterocycles. The van der Waals surface area contributed by atoms with Crippen LogP contribution < -0.4 is 10.3 Å². The van der Waals surface area contributed by atoms with Crippen molar-refractivity contribution in [3.05, 3.63) is 94.3 Å². The van der Waals surface area contributed by atoms with E-state index in [1.807, 2.05) is 0 Å². The fraction of sp³-hybridized carbons (Fsp3) is 0.0833. The van der Waals surface area contributed by atoms with E-state index in [-0.39, 0.29) is 16.6 Å². The number of rotatable bonds is 4. The molecule has 0 atom stereocenters. The number of fused-ring (bicyclic) bond motifs is 1. The second-order valence-electron chi connectivity index (χ2n) is 6.93. The van der Waals surface area contributed by atoms with E-state index in [0.29, 0.717) is 16.8 Å². The maximum absolute atomic E-state index is 13.2. The van der Waals surface area contributed by atoms with Crippen molar-refractivity contribution < 1.29 is 23.0 Å². The number of benzene rings is 3. The summed E-state index contributed by atoms with van der Waals surface area (Å²) in [5.74, 6) is 0.139. The average molecular weight is 438 g/mol. The zero-order valence-electron chi connectivity index (χ0n) is 16.8. The maximum Gasteiger partial charge on any atom is 0.416 e. The van der Waals surface area contributed by atoms with Crippen LogP contribution in [0.4, 0.5) is 18.9 Å². The molecule has 0 radical (unpaired) electrons. The largest absolute Gasteiger partial charge is 0.497 e. The third kappa shape index (κ3) is 3.94. The second kappa shape index (κ2) is 8.22. The normalized spacial score (nSPS) is 11.9. The predicted octanol–water partition coefficient (Wildman–Crippen LogP) is 5.47. The minimum atomic E-state index is -4.59. The predicted molar refractivity (Wildman–Crippen MR) is 116 cm³/mol. The van der Waals surface area contributed by atoms with Crippen LogP contribution in [0.3, 0.4) is 0 Å². The summed E-state index contributed by atoms with van der Waals surface area (Å²) in [4.78, 5) is 17.4. The van der Waals surface area contributed by atoms with Gasteiger partial charge in [-0.1, -0.05) is 24.3 Å². The number of aromatic nitrogens is 1. The lowest BCUT2D eigenvalue weighted by atomic mass is 10.1. The Kier molecular flexibility index (Phi) is 5.44. The lowest BCUT2D eigenvalue weighted by Gasteiger charge is -2.15. The summed E-state index contributed by atoms with van der Waals surface area (Å²) >= 11 is 0. The number of aliphatic imine (C=N–C) groups is 1. The molecule has 0 amide bonds. The fourth-order valence-corrected chi connectivity index (χ4v) is 3.36. The Morgan fingerprint density at radius 1 is 0.969 bits per heavy atom. The van der Waals surface area contributed by atoms with Gasteiger partial charge in [-0.05, 0) is 48.5 Å². The highest BCUT2D eigenvalue weighted by atomic mass is 19.4. The van der Waals surface area contributed by atoms with E-state index >= 15 is 0 Å². The molecule has 1 heterocycles. The van der Waals surface area contributed by atoms with Crippen LogP contribution in [0.5, 0.6) is 11.6 Å². The van der Waals surface area contributed by atoms with Gasteiger partial charge in [0.25, 0.3) is 5.56 Å². The van der Waals surface area contributed by atoms with E-state index in [1.54, 1.807) is 55.6 Å². The molecule has 0 spiro atoms. The van der Waals surface area contributed by atoms with E-state index < -0.39 is 23.2 Å². The molecule has 0 bridgehead atoms. The van der Waals surface area contributed by atoms with Crippen LogP contribution in [0.25, 0.3) is 16.5 Å². The first kappa shape index (κ1) is 21.2. The van der Waals surface area contributed by atoms with Crippen molar-refractivity contribution in [3.63, 3.8) is 0 Å². The molecule has 0 fully saturated rings. The standard InChI is InChI=1S/C24H17F3N2O3/c1-32-18-11-9-16(10-12-18)28-14-21-19-7-2-3-8-20(19)22(30)29(23(21)31)17-6-4-5-15(13-17)24(25,26)27/h2-14,31H,1H3. The molecular formula is C24H17F3N2O3. The minimum absolute atomic E-state index is 0.104. The highest BCUT2D eigenvalue weighted by Crippen LogP contribution is 2.32. The molecule has 1 aromatic heterocycles. The van der Waals surface area contributed by atoms with Crippen molar-refractivity contribution in [3.8, 4) is 17.3 Å². The van der Waals surface area contributed by atoms with Gasteiger partial charge in [0.15, 0.2) is 0 Å². The Hall–Kier alpha value is -4.07. The molecule has 5 nitrogen and oxygen atoms in total. The van der Waals surface area contributed by atoms with Crippen molar-refractivity contribution in [1.82, 2.24) is 4.57 Å². The Labute approximate surface area is 180 Å². The summed E-state index contributed by atoms with van der Waals surface area (Å²) < 4.78 is 45.6. The quantitative estimate of drug-likeness (QED) is 0.430. The molecule has 8 heteroatoms. The molecule has 0 aliphatic heterocycles. The van der Waals surface area contributed by atoms with Gasteiger partial charge >= 0.3 is 6.18 Å². The Bertz CT molecular complexity index is 1370. The van der Waals surface area contributed by atoms with Crippen molar-refractivity contribution in [2.75, 3.05) is 7.11 Å². The van der Waals surface area contributed by atoms with Gasteiger partial charge in [0, 0.05) is 17.0 Å². The first-order valence-corrected chi connectivity index (χ1v) is 9.52. The van der Waals surface area contributed by atoms with Gasteiger partial charge in [-0.15, -0.1) is 0 Å². The third-order valence-corrected chi connectivity index (χ3v) is 4.95. The van der Waals surface area contributed by atoms with Crippen LogP contribution in [-0.2, 0) is 6.18 Å². The Morgan fingerprint density at radius 2 is 1.66 bits per heavy atom. The lowest BCUT2D eigenvalue weighted by molar-refractivity contribution is -0.137. The summed E-state index contributed by atoms with van der Waals surface area (Å²) in [7, 11) is 1.54. The smallest absolute Gasteiger partial charge is 0.416 e. The molecule has 0 aliphatic rings. The summed E-state index contributed by atoms with van der Waals surface area (Å²) in [6.07, 6.45) is -3.21. The van der Waals surface area contributed by atoms with E-state index in [0.717, 1.165) is 16.7 Å². The van der Waals surface area contributed by atoms with Gasteiger partial charge in [0.05, 0.1) is 29.6 Å². The number of aromatic hydroxyl groups is 1. The van der Waals surface area contributed by atoms with E-state index in [9.17, 15) is 23.1 Å². The van der Waals surface area contributed by atoms with Crippen molar-refractivity contribution >= 4 is 22.7 Å². The average Bonchev–Trinajstić information content (AvgIpc) is 2.79. The van der Waals surface area contributed by atoms with Crippen molar-refractivity contribution in [2.24, 2.45) is 4.99 Å².